The van der Waals surface area contributed by atoms with Gasteiger partial charge in [0, 0.05) is 18.8 Å². The van der Waals surface area contributed by atoms with Gasteiger partial charge in [-0.3, -0.25) is 4.57 Å². The van der Waals surface area contributed by atoms with Gasteiger partial charge in [0.1, 0.15) is 12.4 Å². The van der Waals surface area contributed by atoms with E-state index in [0.29, 0.717) is 19.0 Å². The van der Waals surface area contributed by atoms with Gasteiger partial charge in [0.05, 0.1) is 25.0 Å². The van der Waals surface area contributed by atoms with Crippen molar-refractivity contribution >= 4 is 28.5 Å². The fourth-order valence-electron chi connectivity index (χ4n) is 3.91. The fourth-order valence-corrected chi connectivity index (χ4v) is 4.76. The topological polar surface area (TPSA) is 72.6 Å². The predicted molar refractivity (Wildman–Crippen MR) is 135 cm³/mol. The molecule has 3 aromatic carbocycles. The van der Waals surface area contributed by atoms with Crippen LogP contribution in [0.3, 0.4) is 0 Å². The number of hydrogen-bond donors (Lipinski definition) is 1. The Kier molecular flexibility index (Phi) is 6.99. The average Bonchev–Trinajstić information content (AvgIpc) is 3.31. The molecule has 8 heteroatoms. The second-order valence-electron chi connectivity index (χ2n) is 8.34. The van der Waals surface area contributed by atoms with E-state index in [1.54, 1.807) is 0 Å². The van der Waals surface area contributed by atoms with E-state index >= 15 is 0 Å². The Labute approximate surface area is 203 Å². The van der Waals surface area contributed by atoms with Gasteiger partial charge >= 0.3 is 0 Å². The molecular formula is C26H28N4O3S. The van der Waals surface area contributed by atoms with Crippen LogP contribution < -0.4 is 9.64 Å². The van der Waals surface area contributed by atoms with Crippen molar-refractivity contribution in [3.63, 3.8) is 0 Å². The molecule has 1 unspecified atom stereocenters. The van der Waals surface area contributed by atoms with Crippen molar-refractivity contribution in [2.75, 3.05) is 43.6 Å². The highest BCUT2D eigenvalue weighted by Gasteiger charge is 2.22. The maximum atomic E-state index is 10.6. The second kappa shape index (κ2) is 10.5. The Morgan fingerprint density at radius 2 is 1.76 bits per heavy atom. The molecule has 0 saturated carbocycles. The minimum absolute atomic E-state index is 0.209. The van der Waals surface area contributed by atoms with E-state index < -0.39 is 6.10 Å². The van der Waals surface area contributed by atoms with Crippen molar-refractivity contribution < 1.29 is 14.6 Å². The lowest BCUT2D eigenvalue weighted by Gasteiger charge is -2.28. The van der Waals surface area contributed by atoms with Crippen molar-refractivity contribution in [1.82, 2.24) is 14.8 Å². The molecule has 1 saturated heterocycles. The summed E-state index contributed by atoms with van der Waals surface area (Å²) in [6, 6.07) is 22.4. The van der Waals surface area contributed by atoms with E-state index in [1.807, 2.05) is 30.3 Å². The zero-order chi connectivity index (χ0) is 23.3. The summed E-state index contributed by atoms with van der Waals surface area (Å²) in [7, 11) is 0. The molecule has 5 rings (SSSR count). The van der Waals surface area contributed by atoms with Gasteiger partial charge in [0.25, 0.3) is 0 Å². The zero-order valence-electron chi connectivity index (χ0n) is 19.1. The van der Waals surface area contributed by atoms with Crippen LogP contribution in [-0.2, 0) is 4.74 Å². The van der Waals surface area contributed by atoms with Crippen molar-refractivity contribution in [3.05, 3.63) is 72.3 Å². The number of aliphatic hydroxyl groups is 1. The Morgan fingerprint density at radius 1 is 1.00 bits per heavy atom. The van der Waals surface area contributed by atoms with Gasteiger partial charge in [-0.15, -0.1) is 10.2 Å². The standard InChI is InChI=1S/C26H28N4O3S/c1-19-6-9-22(10-7-19)30-25(29-12-14-32-15-13-29)27-28-26(30)34-18-23(31)17-33-24-11-8-20-4-2-3-5-21(20)16-24/h2-11,16,23,31H,12-15,17-18H2,1H3. The van der Waals surface area contributed by atoms with Crippen molar-refractivity contribution in [2.24, 2.45) is 0 Å². The molecule has 4 aromatic rings. The molecule has 0 radical (unpaired) electrons. The van der Waals surface area contributed by atoms with Gasteiger partial charge in [-0.05, 0) is 42.0 Å². The summed E-state index contributed by atoms with van der Waals surface area (Å²) >= 11 is 1.48. The first-order valence-electron chi connectivity index (χ1n) is 11.4. The van der Waals surface area contributed by atoms with Crippen molar-refractivity contribution in [1.29, 1.82) is 0 Å². The number of morpholine rings is 1. The summed E-state index contributed by atoms with van der Waals surface area (Å²) in [5.41, 5.74) is 2.20. The highest BCUT2D eigenvalue weighted by Crippen LogP contribution is 2.28. The lowest BCUT2D eigenvalue weighted by molar-refractivity contribution is 0.122. The average molecular weight is 477 g/mol. The molecule has 7 nitrogen and oxygen atoms in total. The maximum Gasteiger partial charge on any atom is 0.232 e. The van der Waals surface area contributed by atoms with Crippen LogP contribution in [0.2, 0.25) is 0 Å². The summed E-state index contributed by atoms with van der Waals surface area (Å²) in [5.74, 6) is 2.00. The van der Waals surface area contributed by atoms with Crippen LogP contribution in [0.1, 0.15) is 5.56 Å². The van der Waals surface area contributed by atoms with Crippen LogP contribution in [0.4, 0.5) is 5.95 Å². The summed E-state index contributed by atoms with van der Waals surface area (Å²) in [5, 5.41) is 22.6. The van der Waals surface area contributed by atoms with Crippen molar-refractivity contribution in [2.45, 2.75) is 18.2 Å². The van der Waals surface area contributed by atoms with Gasteiger partial charge in [-0.25, -0.2) is 0 Å². The third-order valence-electron chi connectivity index (χ3n) is 5.77. The van der Waals surface area contributed by atoms with Gasteiger partial charge < -0.3 is 19.5 Å². The molecule has 34 heavy (non-hydrogen) atoms. The lowest BCUT2D eigenvalue weighted by Crippen LogP contribution is -2.37. The van der Waals surface area contributed by atoms with E-state index in [9.17, 15) is 5.11 Å². The van der Waals surface area contributed by atoms with Crippen LogP contribution in [0.15, 0.2) is 71.9 Å². The highest BCUT2D eigenvalue weighted by atomic mass is 32.2. The normalized spacial score (nSPS) is 14.9. The number of rotatable bonds is 8. The van der Waals surface area contributed by atoms with E-state index in [-0.39, 0.29) is 6.61 Å². The first-order chi connectivity index (χ1) is 16.7. The Hall–Kier alpha value is -3.07. The molecule has 1 N–H and O–H groups in total. The maximum absolute atomic E-state index is 10.6. The lowest BCUT2D eigenvalue weighted by atomic mass is 10.1. The number of fused-ring (bicyclic) bond motifs is 1. The molecule has 0 aliphatic carbocycles. The van der Waals surface area contributed by atoms with Gasteiger partial charge in [-0.1, -0.05) is 59.8 Å². The third kappa shape index (κ3) is 5.19. The smallest absolute Gasteiger partial charge is 0.232 e. The second-order valence-corrected chi connectivity index (χ2v) is 9.32. The number of nitrogens with zero attached hydrogens (tertiary/aromatic N) is 4. The van der Waals surface area contributed by atoms with E-state index in [2.05, 4.69) is 63.0 Å². The number of ether oxygens (including phenoxy) is 2. The molecule has 0 spiro atoms. The molecule has 1 aliphatic heterocycles. The summed E-state index contributed by atoms with van der Waals surface area (Å²) < 4.78 is 13.4. The molecule has 0 bridgehead atoms. The fraction of sp³-hybridized carbons (Fsp3) is 0.308. The molecule has 1 aliphatic rings. The number of benzene rings is 3. The summed E-state index contributed by atoms with van der Waals surface area (Å²) in [6.07, 6.45) is -0.647. The largest absolute Gasteiger partial charge is 0.491 e. The summed E-state index contributed by atoms with van der Waals surface area (Å²) in [4.78, 5) is 2.19. The first kappa shape index (κ1) is 22.7. The van der Waals surface area contributed by atoms with Crippen LogP contribution in [-0.4, -0.2) is 64.6 Å². The zero-order valence-corrected chi connectivity index (χ0v) is 19.9. The third-order valence-corrected chi connectivity index (χ3v) is 6.84. The van der Waals surface area contributed by atoms with Crippen LogP contribution in [0.5, 0.6) is 5.75 Å². The highest BCUT2D eigenvalue weighted by molar-refractivity contribution is 7.99. The number of thioether (sulfide) groups is 1. The number of hydrogen-bond acceptors (Lipinski definition) is 7. The van der Waals surface area contributed by atoms with Crippen molar-refractivity contribution in [3.8, 4) is 11.4 Å². The van der Waals surface area contributed by atoms with E-state index in [0.717, 1.165) is 46.4 Å². The van der Waals surface area contributed by atoms with Crippen LogP contribution in [0, 0.1) is 6.92 Å². The quantitative estimate of drug-likeness (QED) is 0.384. The van der Waals surface area contributed by atoms with Gasteiger partial charge in [-0.2, -0.15) is 0 Å². The molecule has 1 aromatic heterocycles. The molecular weight excluding hydrogens is 448 g/mol. The molecule has 2 heterocycles. The minimum atomic E-state index is -0.647. The Balaban J connectivity index is 1.27. The van der Waals surface area contributed by atoms with Gasteiger partial charge in [0.15, 0.2) is 5.16 Å². The van der Waals surface area contributed by atoms with Crippen LogP contribution >= 0.6 is 11.8 Å². The molecule has 0 amide bonds. The SMILES string of the molecule is Cc1ccc(-n2c(SCC(O)COc3ccc4ccccc4c3)nnc2N2CCOCC2)cc1. The molecule has 176 valence electrons. The first-order valence-corrected chi connectivity index (χ1v) is 12.4. The van der Waals surface area contributed by atoms with Gasteiger partial charge in [0.2, 0.25) is 5.95 Å². The predicted octanol–water partition coefficient (Wildman–Crippen LogP) is 4.10. The van der Waals surface area contributed by atoms with Crippen LogP contribution in [0.25, 0.3) is 16.5 Å². The number of anilines is 1. The monoisotopic (exact) mass is 476 g/mol. The summed E-state index contributed by atoms with van der Waals surface area (Å²) in [6.45, 7) is 5.18. The van der Waals surface area contributed by atoms with E-state index in [4.69, 9.17) is 9.47 Å². The molecule has 1 fully saturated rings. The number of aliphatic hydroxyl groups excluding tert-OH is 1. The Bertz CT molecular complexity index is 1240. The molecule has 1 atom stereocenters. The Morgan fingerprint density at radius 3 is 2.56 bits per heavy atom. The van der Waals surface area contributed by atoms with E-state index in [1.165, 1.54) is 17.3 Å². The minimum Gasteiger partial charge on any atom is -0.491 e. The number of aromatic nitrogens is 3. The number of aryl methyl sites for hydroxylation is 1.